The summed E-state index contributed by atoms with van der Waals surface area (Å²) in [6, 6.07) is 0. The van der Waals surface area contributed by atoms with Gasteiger partial charge in [-0.1, -0.05) is 62.3 Å². The number of carbonyl (C=O) groups is 2. The van der Waals surface area contributed by atoms with E-state index in [0.29, 0.717) is 0 Å². The van der Waals surface area contributed by atoms with Crippen molar-refractivity contribution in [3.8, 4) is 0 Å². The highest BCUT2D eigenvalue weighted by atomic mass is 28.4. The van der Waals surface area contributed by atoms with E-state index in [0.717, 1.165) is 12.2 Å². The van der Waals surface area contributed by atoms with Crippen LogP contribution in [0.15, 0.2) is 12.2 Å². The van der Waals surface area contributed by atoms with Crippen molar-refractivity contribution in [2.75, 3.05) is 7.11 Å². The van der Waals surface area contributed by atoms with E-state index in [-0.39, 0.29) is 15.1 Å². The molecule has 0 bridgehead atoms. The first-order valence-corrected chi connectivity index (χ1v) is 9.50. The summed E-state index contributed by atoms with van der Waals surface area (Å²) in [6.45, 7) is 19.2. The summed E-state index contributed by atoms with van der Waals surface area (Å²) in [7, 11) is -1.32. The molecular formula is C17H32O4Si. The lowest BCUT2D eigenvalue weighted by Crippen LogP contribution is -2.61. The number of hydrogen-bond donors (Lipinski definition) is 0. The van der Waals surface area contributed by atoms with E-state index in [9.17, 15) is 9.59 Å². The van der Waals surface area contributed by atoms with Crippen LogP contribution in [0.2, 0.25) is 15.1 Å². The molecule has 0 amide bonds. The van der Waals surface area contributed by atoms with Crippen LogP contribution in [0.3, 0.4) is 0 Å². The van der Waals surface area contributed by atoms with Gasteiger partial charge in [-0.05, 0) is 15.1 Å². The largest absolute Gasteiger partial charge is 0.514 e. The van der Waals surface area contributed by atoms with Crippen molar-refractivity contribution in [3.05, 3.63) is 12.2 Å². The van der Waals surface area contributed by atoms with Gasteiger partial charge in [-0.3, -0.25) is 0 Å². The van der Waals surface area contributed by atoms with Crippen molar-refractivity contribution in [2.24, 2.45) is 0 Å². The van der Waals surface area contributed by atoms with Crippen molar-refractivity contribution >= 4 is 20.3 Å². The molecule has 0 aromatic rings. The lowest BCUT2D eigenvalue weighted by atomic mass is 10.2. The van der Waals surface area contributed by atoms with E-state index in [1.54, 1.807) is 0 Å². The third-order valence-electron chi connectivity index (χ3n) is 3.98. The quantitative estimate of drug-likeness (QED) is 0.431. The minimum absolute atomic E-state index is 0.154. The van der Waals surface area contributed by atoms with E-state index in [1.807, 2.05) is 0 Å². The number of esters is 1. The molecule has 0 rings (SSSR count). The summed E-state index contributed by atoms with van der Waals surface area (Å²) < 4.78 is 10.6. The first kappa shape index (κ1) is 20.9. The van der Waals surface area contributed by atoms with Crippen molar-refractivity contribution in [1.82, 2.24) is 0 Å². The Morgan fingerprint density at radius 2 is 1.05 bits per heavy atom. The minimum Gasteiger partial charge on any atom is -0.514 e. The molecule has 128 valence electrons. The van der Waals surface area contributed by atoms with Gasteiger partial charge in [0.15, 0.2) is 0 Å². The van der Waals surface area contributed by atoms with Gasteiger partial charge >= 0.3 is 11.9 Å². The highest BCUT2D eigenvalue weighted by molar-refractivity contribution is 6.83. The maximum absolute atomic E-state index is 12.3. The molecule has 0 radical (unpaired) electrons. The second kappa shape index (κ2) is 6.57. The van der Waals surface area contributed by atoms with E-state index in [1.165, 1.54) is 7.11 Å². The molecular weight excluding hydrogens is 296 g/mol. The van der Waals surface area contributed by atoms with Crippen molar-refractivity contribution in [2.45, 2.75) is 77.4 Å². The highest BCUT2D eigenvalue weighted by Crippen LogP contribution is 2.62. The predicted molar refractivity (Wildman–Crippen MR) is 92.1 cm³/mol. The molecule has 0 aromatic carbocycles. The third kappa shape index (κ3) is 4.21. The van der Waals surface area contributed by atoms with Crippen molar-refractivity contribution in [1.29, 1.82) is 0 Å². The molecule has 0 heterocycles. The van der Waals surface area contributed by atoms with Gasteiger partial charge < -0.3 is 9.16 Å². The van der Waals surface area contributed by atoms with Crippen LogP contribution in [-0.4, -0.2) is 27.4 Å². The first-order valence-electron chi connectivity index (χ1n) is 7.59. The lowest BCUT2D eigenvalue weighted by Gasteiger charge is -2.56. The maximum Gasteiger partial charge on any atom is 0.330 e. The topological polar surface area (TPSA) is 52.6 Å². The van der Waals surface area contributed by atoms with Crippen molar-refractivity contribution < 1.29 is 18.8 Å². The van der Waals surface area contributed by atoms with Gasteiger partial charge in [-0.15, -0.1) is 0 Å². The van der Waals surface area contributed by atoms with Gasteiger partial charge in [0.1, 0.15) is 0 Å². The van der Waals surface area contributed by atoms with Crippen LogP contribution >= 0.6 is 0 Å². The number of hydrogen-bond acceptors (Lipinski definition) is 4. The standard InChI is InChI=1S/C17H32O4Si/c1-15(2,3)22(16(4,5)6,17(7,8)9)21-14(19)12-11-13(18)20-10/h11-12H,1-10H3/b12-11+. The average molecular weight is 329 g/mol. The molecule has 0 N–H and O–H groups in total. The SMILES string of the molecule is COC(=O)/C=C/C(=O)O[Si](C(C)(C)C)(C(C)(C)C)C(C)(C)C. The molecule has 0 aliphatic heterocycles. The number of carbonyl (C=O) groups excluding carboxylic acids is 2. The summed E-state index contributed by atoms with van der Waals surface area (Å²) in [5.74, 6) is -1.04. The molecule has 0 spiro atoms. The van der Waals surface area contributed by atoms with Crippen LogP contribution < -0.4 is 0 Å². The molecule has 4 nitrogen and oxygen atoms in total. The summed E-state index contributed by atoms with van der Waals surface area (Å²) in [4.78, 5) is 23.5. The zero-order chi connectivity index (χ0) is 18.0. The Bertz CT molecular complexity index is 409. The van der Waals surface area contributed by atoms with Gasteiger partial charge in [0.25, 0.3) is 8.32 Å². The van der Waals surface area contributed by atoms with E-state index < -0.39 is 20.3 Å². The van der Waals surface area contributed by atoms with Gasteiger partial charge in [0.2, 0.25) is 0 Å². The molecule has 0 aliphatic carbocycles. The van der Waals surface area contributed by atoms with Crippen LogP contribution in [-0.2, 0) is 18.8 Å². The Morgan fingerprint density at radius 3 is 1.32 bits per heavy atom. The second-order valence-corrected chi connectivity index (χ2v) is 14.8. The molecule has 0 saturated heterocycles. The minimum atomic E-state index is -2.60. The normalized spacial score (nSPS) is 14.1. The highest BCUT2D eigenvalue weighted by Gasteiger charge is 2.64. The molecule has 5 heteroatoms. The number of ether oxygens (including phenoxy) is 1. The molecule has 0 atom stereocenters. The number of methoxy groups -OCH3 is 1. The molecule has 0 fully saturated rings. The summed E-state index contributed by atoms with van der Waals surface area (Å²) in [5.41, 5.74) is 0. The van der Waals surface area contributed by atoms with Gasteiger partial charge in [-0.2, -0.15) is 0 Å². The molecule has 0 saturated carbocycles. The van der Waals surface area contributed by atoms with Crippen LogP contribution in [0.1, 0.15) is 62.3 Å². The zero-order valence-corrected chi connectivity index (χ0v) is 16.8. The zero-order valence-electron chi connectivity index (χ0n) is 15.8. The summed E-state index contributed by atoms with van der Waals surface area (Å²) >= 11 is 0. The van der Waals surface area contributed by atoms with Crippen LogP contribution in [0.5, 0.6) is 0 Å². The third-order valence-corrected chi connectivity index (χ3v) is 10.8. The van der Waals surface area contributed by atoms with Crippen LogP contribution in [0.25, 0.3) is 0 Å². The fourth-order valence-electron chi connectivity index (χ4n) is 4.22. The Morgan fingerprint density at radius 1 is 0.727 bits per heavy atom. The Balaban J connectivity index is 5.88. The Hall–Kier alpha value is -1.10. The van der Waals surface area contributed by atoms with Crippen LogP contribution in [0, 0.1) is 0 Å². The molecule has 22 heavy (non-hydrogen) atoms. The lowest BCUT2D eigenvalue weighted by molar-refractivity contribution is -0.136. The first-order chi connectivity index (χ1) is 9.60. The average Bonchev–Trinajstić information content (AvgIpc) is 2.27. The Labute approximate surface area is 136 Å². The smallest absolute Gasteiger partial charge is 0.330 e. The van der Waals surface area contributed by atoms with Gasteiger partial charge in [0, 0.05) is 12.2 Å². The molecule has 0 aromatic heterocycles. The van der Waals surface area contributed by atoms with E-state index in [4.69, 9.17) is 4.43 Å². The summed E-state index contributed by atoms with van der Waals surface area (Å²) in [6.07, 6.45) is 2.27. The van der Waals surface area contributed by atoms with Gasteiger partial charge in [-0.25, -0.2) is 9.59 Å². The van der Waals surface area contributed by atoms with Crippen molar-refractivity contribution in [3.63, 3.8) is 0 Å². The molecule has 0 aliphatic rings. The maximum atomic E-state index is 12.3. The second-order valence-electron chi connectivity index (χ2n) is 8.71. The Kier molecular flexibility index (Phi) is 6.24. The van der Waals surface area contributed by atoms with E-state index in [2.05, 4.69) is 67.1 Å². The predicted octanol–water partition coefficient (Wildman–Crippen LogP) is 4.60. The molecule has 0 unspecified atom stereocenters. The van der Waals surface area contributed by atoms with Gasteiger partial charge in [0.05, 0.1) is 7.11 Å². The number of rotatable bonds is 3. The van der Waals surface area contributed by atoms with E-state index >= 15 is 0 Å². The summed E-state index contributed by atoms with van der Waals surface area (Å²) in [5, 5.41) is -0.463. The monoisotopic (exact) mass is 328 g/mol. The fraction of sp³-hybridized carbons (Fsp3) is 0.765. The van der Waals surface area contributed by atoms with Crippen LogP contribution in [0.4, 0.5) is 0 Å². The fourth-order valence-corrected chi connectivity index (χ4v) is 12.3.